The van der Waals surface area contributed by atoms with Gasteiger partial charge >= 0.3 is 0 Å². The number of hydrogen-bond donors (Lipinski definition) is 1. The van der Waals surface area contributed by atoms with Gasteiger partial charge in [0, 0.05) is 19.5 Å². The standard InChI is InChI=1S/C21H24N2O2/c1-15-8-10-17(11-9-15)13-22-21(25)19-12-20(24)23(14-19)16(2)18-6-4-3-5-7-18/h3-11,16,19H,12-14H2,1-2H3,(H,22,25)/t16-,19+/m0/s1. The summed E-state index contributed by atoms with van der Waals surface area (Å²) in [5.41, 5.74) is 3.36. The number of carbonyl (C=O) groups excluding carboxylic acids is 2. The van der Waals surface area contributed by atoms with Crippen LogP contribution >= 0.6 is 0 Å². The summed E-state index contributed by atoms with van der Waals surface area (Å²) in [5.74, 6) is -0.271. The smallest absolute Gasteiger partial charge is 0.225 e. The van der Waals surface area contributed by atoms with E-state index in [4.69, 9.17) is 0 Å². The first-order chi connectivity index (χ1) is 12.0. The van der Waals surface area contributed by atoms with Crippen LogP contribution in [-0.4, -0.2) is 23.3 Å². The minimum Gasteiger partial charge on any atom is -0.352 e. The van der Waals surface area contributed by atoms with Crippen molar-refractivity contribution in [3.63, 3.8) is 0 Å². The van der Waals surface area contributed by atoms with Gasteiger partial charge in [-0.05, 0) is 25.0 Å². The third-order valence-corrected chi connectivity index (χ3v) is 4.87. The van der Waals surface area contributed by atoms with E-state index >= 15 is 0 Å². The molecule has 1 aliphatic heterocycles. The number of aryl methyl sites for hydroxylation is 1. The van der Waals surface area contributed by atoms with E-state index in [1.807, 2.05) is 73.3 Å². The highest BCUT2D eigenvalue weighted by Crippen LogP contribution is 2.28. The molecule has 0 aromatic heterocycles. The van der Waals surface area contributed by atoms with Crippen molar-refractivity contribution in [1.82, 2.24) is 10.2 Å². The van der Waals surface area contributed by atoms with E-state index in [0.29, 0.717) is 13.1 Å². The maximum Gasteiger partial charge on any atom is 0.225 e. The molecule has 3 rings (SSSR count). The molecule has 25 heavy (non-hydrogen) atoms. The van der Waals surface area contributed by atoms with Crippen molar-refractivity contribution in [2.75, 3.05) is 6.54 Å². The van der Waals surface area contributed by atoms with Crippen molar-refractivity contribution in [2.24, 2.45) is 5.92 Å². The second kappa shape index (κ2) is 7.51. The minimum atomic E-state index is -0.274. The van der Waals surface area contributed by atoms with E-state index in [1.165, 1.54) is 5.56 Å². The largest absolute Gasteiger partial charge is 0.352 e. The lowest BCUT2D eigenvalue weighted by molar-refractivity contribution is -0.130. The molecule has 1 saturated heterocycles. The van der Waals surface area contributed by atoms with Gasteiger partial charge in [0.1, 0.15) is 0 Å². The molecule has 2 aromatic rings. The summed E-state index contributed by atoms with van der Waals surface area (Å²) in [4.78, 5) is 26.6. The summed E-state index contributed by atoms with van der Waals surface area (Å²) in [7, 11) is 0. The lowest BCUT2D eigenvalue weighted by Gasteiger charge is -2.25. The molecule has 2 aromatic carbocycles. The number of benzene rings is 2. The molecule has 130 valence electrons. The average molecular weight is 336 g/mol. The lowest BCUT2D eigenvalue weighted by Crippen LogP contribution is -2.33. The van der Waals surface area contributed by atoms with Crippen LogP contribution < -0.4 is 5.32 Å². The molecule has 0 unspecified atom stereocenters. The topological polar surface area (TPSA) is 49.4 Å². The Bertz CT molecular complexity index is 740. The molecule has 2 atom stereocenters. The van der Waals surface area contributed by atoms with Crippen molar-refractivity contribution in [3.8, 4) is 0 Å². The highest BCUT2D eigenvalue weighted by molar-refractivity contribution is 5.89. The maximum absolute atomic E-state index is 12.4. The minimum absolute atomic E-state index is 0.0106. The summed E-state index contributed by atoms with van der Waals surface area (Å²) in [6.45, 7) is 5.03. The van der Waals surface area contributed by atoms with Gasteiger partial charge in [-0.15, -0.1) is 0 Å². The Kier molecular flexibility index (Phi) is 5.17. The molecule has 1 aliphatic rings. The van der Waals surface area contributed by atoms with Gasteiger partial charge in [-0.2, -0.15) is 0 Å². The Morgan fingerprint density at radius 1 is 1.16 bits per heavy atom. The number of rotatable bonds is 5. The van der Waals surface area contributed by atoms with Crippen molar-refractivity contribution in [1.29, 1.82) is 0 Å². The second-order valence-electron chi connectivity index (χ2n) is 6.74. The zero-order valence-electron chi connectivity index (χ0n) is 14.7. The van der Waals surface area contributed by atoms with Crippen LogP contribution in [0.3, 0.4) is 0 Å². The van der Waals surface area contributed by atoms with E-state index < -0.39 is 0 Å². The Hall–Kier alpha value is -2.62. The predicted molar refractivity (Wildman–Crippen MR) is 97.7 cm³/mol. The number of nitrogens with one attached hydrogen (secondary N) is 1. The summed E-state index contributed by atoms with van der Waals surface area (Å²) < 4.78 is 0. The molecule has 2 amide bonds. The van der Waals surface area contributed by atoms with Crippen molar-refractivity contribution in [2.45, 2.75) is 32.9 Å². The molecule has 4 nitrogen and oxygen atoms in total. The number of nitrogens with zero attached hydrogens (tertiary/aromatic N) is 1. The Morgan fingerprint density at radius 2 is 1.84 bits per heavy atom. The van der Waals surface area contributed by atoms with E-state index in [1.54, 1.807) is 0 Å². The number of carbonyl (C=O) groups is 2. The molecular formula is C21H24N2O2. The molecule has 0 saturated carbocycles. The van der Waals surface area contributed by atoms with Crippen LogP contribution in [-0.2, 0) is 16.1 Å². The highest BCUT2D eigenvalue weighted by Gasteiger charge is 2.36. The fourth-order valence-electron chi connectivity index (χ4n) is 3.23. The first kappa shape index (κ1) is 17.2. The van der Waals surface area contributed by atoms with Crippen LogP contribution in [0.5, 0.6) is 0 Å². The summed E-state index contributed by atoms with van der Waals surface area (Å²) in [6, 6.07) is 18.0. The first-order valence-electron chi connectivity index (χ1n) is 8.72. The van der Waals surface area contributed by atoms with E-state index in [9.17, 15) is 9.59 Å². The van der Waals surface area contributed by atoms with Gasteiger partial charge < -0.3 is 10.2 Å². The molecule has 0 spiro atoms. The van der Waals surface area contributed by atoms with Crippen LogP contribution in [0, 0.1) is 12.8 Å². The van der Waals surface area contributed by atoms with Crippen LogP contribution in [0.4, 0.5) is 0 Å². The fourth-order valence-corrected chi connectivity index (χ4v) is 3.23. The van der Waals surface area contributed by atoms with Gasteiger partial charge in [0.2, 0.25) is 11.8 Å². The SMILES string of the molecule is Cc1ccc(CNC(=O)[C@@H]2CC(=O)N([C@@H](C)c3ccccc3)C2)cc1. The quantitative estimate of drug-likeness (QED) is 0.911. The maximum atomic E-state index is 12.4. The molecule has 0 aliphatic carbocycles. The van der Waals surface area contributed by atoms with Gasteiger partial charge in [-0.3, -0.25) is 9.59 Å². The third kappa shape index (κ3) is 4.08. The molecule has 0 radical (unpaired) electrons. The normalized spacial score (nSPS) is 18.2. The van der Waals surface area contributed by atoms with Gasteiger partial charge in [0.15, 0.2) is 0 Å². The Balaban J connectivity index is 1.58. The number of amides is 2. The van der Waals surface area contributed by atoms with Gasteiger partial charge in [-0.25, -0.2) is 0 Å². The Labute approximate surface area is 148 Å². The van der Waals surface area contributed by atoms with Crippen LogP contribution in [0.1, 0.15) is 36.1 Å². The molecule has 0 bridgehead atoms. The van der Waals surface area contributed by atoms with E-state index in [0.717, 1.165) is 11.1 Å². The zero-order chi connectivity index (χ0) is 17.8. The van der Waals surface area contributed by atoms with Crippen LogP contribution in [0.2, 0.25) is 0 Å². The van der Waals surface area contributed by atoms with Crippen molar-refractivity contribution >= 4 is 11.8 Å². The van der Waals surface area contributed by atoms with Gasteiger partial charge in [-0.1, -0.05) is 60.2 Å². The fraction of sp³-hybridized carbons (Fsp3) is 0.333. The molecule has 1 heterocycles. The zero-order valence-corrected chi connectivity index (χ0v) is 14.7. The first-order valence-corrected chi connectivity index (χ1v) is 8.72. The molecular weight excluding hydrogens is 312 g/mol. The summed E-state index contributed by atoms with van der Waals surface area (Å²) in [5, 5.41) is 2.96. The lowest BCUT2D eigenvalue weighted by atomic mass is 10.1. The van der Waals surface area contributed by atoms with Crippen molar-refractivity contribution < 1.29 is 9.59 Å². The average Bonchev–Trinajstić information content (AvgIpc) is 3.03. The Morgan fingerprint density at radius 3 is 2.52 bits per heavy atom. The van der Waals surface area contributed by atoms with Gasteiger partial charge in [0.25, 0.3) is 0 Å². The van der Waals surface area contributed by atoms with E-state index in [-0.39, 0.29) is 30.2 Å². The monoisotopic (exact) mass is 336 g/mol. The molecule has 4 heteroatoms. The predicted octanol–water partition coefficient (Wildman–Crippen LogP) is 3.22. The molecule has 1 N–H and O–H groups in total. The molecule has 1 fully saturated rings. The van der Waals surface area contributed by atoms with Crippen LogP contribution in [0.25, 0.3) is 0 Å². The van der Waals surface area contributed by atoms with Crippen LogP contribution in [0.15, 0.2) is 54.6 Å². The number of hydrogen-bond acceptors (Lipinski definition) is 2. The van der Waals surface area contributed by atoms with E-state index in [2.05, 4.69) is 5.32 Å². The number of likely N-dealkylation sites (tertiary alicyclic amines) is 1. The van der Waals surface area contributed by atoms with Crippen molar-refractivity contribution in [3.05, 3.63) is 71.3 Å². The highest BCUT2D eigenvalue weighted by atomic mass is 16.2. The summed E-state index contributed by atoms with van der Waals surface area (Å²) >= 11 is 0. The second-order valence-corrected chi connectivity index (χ2v) is 6.74. The summed E-state index contributed by atoms with van der Waals surface area (Å²) in [6.07, 6.45) is 0.289. The third-order valence-electron chi connectivity index (χ3n) is 4.87. The van der Waals surface area contributed by atoms with Gasteiger partial charge in [0.05, 0.1) is 12.0 Å².